The number of rotatable bonds is 8. The second kappa shape index (κ2) is 9.00. The van der Waals surface area contributed by atoms with Crippen molar-refractivity contribution < 1.29 is 9.47 Å². The third-order valence-electron chi connectivity index (χ3n) is 6.49. The van der Waals surface area contributed by atoms with Crippen LogP contribution in [0.25, 0.3) is 0 Å². The van der Waals surface area contributed by atoms with Gasteiger partial charge in [-0.2, -0.15) is 0 Å². The van der Waals surface area contributed by atoms with Crippen molar-refractivity contribution in [1.82, 2.24) is 4.90 Å². The molecule has 2 rings (SSSR count). The molecule has 0 amide bonds. The summed E-state index contributed by atoms with van der Waals surface area (Å²) in [4.78, 5) is 2.58. The van der Waals surface area contributed by atoms with E-state index in [2.05, 4.69) is 39.5 Å². The highest BCUT2D eigenvalue weighted by Gasteiger charge is 2.44. The van der Waals surface area contributed by atoms with E-state index in [1.54, 1.807) is 0 Å². The topological polar surface area (TPSA) is 21.7 Å². The predicted octanol–water partition coefficient (Wildman–Crippen LogP) is 5.24. The molecule has 1 spiro atoms. The number of nitrogens with zero attached hydrogens (tertiary/aromatic N) is 1. The average Bonchev–Trinajstić information content (AvgIpc) is 2.56. The van der Waals surface area contributed by atoms with Crippen LogP contribution in [-0.4, -0.2) is 43.0 Å². The molecule has 1 saturated heterocycles. The summed E-state index contributed by atoms with van der Waals surface area (Å²) in [7, 11) is 0. The molecular formula is C21H41NO2. The van der Waals surface area contributed by atoms with E-state index < -0.39 is 0 Å². The molecule has 0 aromatic heterocycles. The largest absolute Gasteiger partial charge is 0.350 e. The summed E-state index contributed by atoms with van der Waals surface area (Å²) in [6.07, 6.45) is 9.78. The molecule has 0 N–H and O–H groups in total. The van der Waals surface area contributed by atoms with Crippen molar-refractivity contribution >= 4 is 0 Å². The molecule has 1 aliphatic heterocycles. The molecule has 1 unspecified atom stereocenters. The van der Waals surface area contributed by atoms with Crippen LogP contribution in [0, 0.1) is 11.3 Å². The lowest BCUT2D eigenvalue weighted by Gasteiger charge is -2.48. The zero-order chi connectivity index (χ0) is 17.6. The molecule has 0 bridgehead atoms. The third-order valence-corrected chi connectivity index (χ3v) is 6.49. The van der Waals surface area contributed by atoms with E-state index in [9.17, 15) is 0 Å². The molecule has 3 nitrogen and oxygen atoms in total. The first-order valence-corrected chi connectivity index (χ1v) is 10.5. The van der Waals surface area contributed by atoms with E-state index in [1.807, 2.05) is 0 Å². The fourth-order valence-electron chi connectivity index (χ4n) is 4.51. The Labute approximate surface area is 150 Å². The maximum atomic E-state index is 6.57. The van der Waals surface area contributed by atoms with E-state index in [1.165, 1.54) is 45.2 Å². The summed E-state index contributed by atoms with van der Waals surface area (Å²) >= 11 is 0. The van der Waals surface area contributed by atoms with Crippen LogP contribution in [0.1, 0.15) is 86.0 Å². The molecule has 1 heterocycles. The quantitative estimate of drug-likeness (QED) is 0.604. The van der Waals surface area contributed by atoms with Gasteiger partial charge in [0.05, 0.1) is 12.7 Å². The van der Waals surface area contributed by atoms with Crippen molar-refractivity contribution in [1.29, 1.82) is 0 Å². The van der Waals surface area contributed by atoms with Crippen molar-refractivity contribution in [3.05, 3.63) is 0 Å². The van der Waals surface area contributed by atoms with Gasteiger partial charge in [0.25, 0.3) is 0 Å². The summed E-state index contributed by atoms with van der Waals surface area (Å²) in [6, 6.07) is 0. The molecule has 24 heavy (non-hydrogen) atoms. The minimum atomic E-state index is -0.270. The van der Waals surface area contributed by atoms with Crippen LogP contribution in [0.2, 0.25) is 0 Å². The van der Waals surface area contributed by atoms with E-state index >= 15 is 0 Å². The molecule has 1 saturated carbocycles. The van der Waals surface area contributed by atoms with E-state index in [4.69, 9.17) is 9.47 Å². The van der Waals surface area contributed by atoms with Gasteiger partial charge >= 0.3 is 0 Å². The third kappa shape index (κ3) is 5.19. The van der Waals surface area contributed by atoms with Gasteiger partial charge in [-0.15, -0.1) is 0 Å². The molecule has 2 aliphatic rings. The first-order chi connectivity index (χ1) is 11.4. The number of ether oxygens (including phenoxy) is 2. The lowest BCUT2D eigenvalue weighted by Crippen LogP contribution is -2.51. The Morgan fingerprint density at radius 2 is 1.62 bits per heavy atom. The Morgan fingerprint density at radius 1 is 1.00 bits per heavy atom. The summed E-state index contributed by atoms with van der Waals surface area (Å²) < 4.78 is 12.8. The molecular weight excluding hydrogens is 298 g/mol. The smallest absolute Gasteiger partial charge is 0.168 e. The Hall–Kier alpha value is -0.120. The van der Waals surface area contributed by atoms with Crippen molar-refractivity contribution in [2.24, 2.45) is 11.3 Å². The molecule has 0 radical (unpaired) electrons. The van der Waals surface area contributed by atoms with Crippen LogP contribution < -0.4 is 0 Å². The number of hydrogen-bond acceptors (Lipinski definition) is 3. The van der Waals surface area contributed by atoms with Crippen molar-refractivity contribution in [3.8, 4) is 0 Å². The monoisotopic (exact) mass is 339 g/mol. The SMILES string of the molecule is CCCN(CCC)CC1CCOC2(CCC(C(C)(C)CC)CC2)O1. The maximum Gasteiger partial charge on any atom is 0.168 e. The fourth-order valence-corrected chi connectivity index (χ4v) is 4.51. The first-order valence-electron chi connectivity index (χ1n) is 10.5. The Morgan fingerprint density at radius 3 is 2.17 bits per heavy atom. The zero-order valence-electron chi connectivity index (χ0n) is 16.9. The Bertz CT molecular complexity index is 355. The van der Waals surface area contributed by atoms with Gasteiger partial charge in [0, 0.05) is 19.4 Å². The predicted molar refractivity (Wildman–Crippen MR) is 101 cm³/mol. The van der Waals surface area contributed by atoms with Gasteiger partial charge < -0.3 is 14.4 Å². The molecule has 3 heteroatoms. The van der Waals surface area contributed by atoms with Crippen molar-refractivity contribution in [2.75, 3.05) is 26.2 Å². The van der Waals surface area contributed by atoms with Crippen molar-refractivity contribution in [3.63, 3.8) is 0 Å². The average molecular weight is 340 g/mol. The number of hydrogen-bond donors (Lipinski definition) is 0. The van der Waals surface area contributed by atoms with Gasteiger partial charge in [0.15, 0.2) is 5.79 Å². The Kier molecular flexibility index (Phi) is 7.58. The summed E-state index contributed by atoms with van der Waals surface area (Å²) in [6.45, 7) is 16.0. The maximum absolute atomic E-state index is 6.57. The van der Waals surface area contributed by atoms with Crippen LogP contribution in [0.15, 0.2) is 0 Å². The van der Waals surface area contributed by atoms with Gasteiger partial charge in [0.2, 0.25) is 0 Å². The summed E-state index contributed by atoms with van der Waals surface area (Å²) in [5.74, 6) is 0.547. The van der Waals surface area contributed by atoms with Crippen molar-refractivity contribution in [2.45, 2.75) is 97.9 Å². The molecule has 2 fully saturated rings. The van der Waals surface area contributed by atoms with Gasteiger partial charge in [-0.1, -0.05) is 41.0 Å². The Balaban J connectivity index is 1.89. The first kappa shape index (κ1) is 20.2. The fraction of sp³-hybridized carbons (Fsp3) is 1.00. The van der Waals surface area contributed by atoms with Gasteiger partial charge in [0.1, 0.15) is 0 Å². The highest BCUT2D eigenvalue weighted by atomic mass is 16.7. The lowest BCUT2D eigenvalue weighted by molar-refractivity contribution is -0.311. The van der Waals surface area contributed by atoms with Crippen LogP contribution >= 0.6 is 0 Å². The van der Waals surface area contributed by atoms with Crippen LogP contribution in [0.3, 0.4) is 0 Å². The summed E-state index contributed by atoms with van der Waals surface area (Å²) in [5.41, 5.74) is 0.453. The standard InChI is InChI=1S/C21H41NO2/c1-6-14-22(15-7-2)17-19-11-16-23-21(24-19)12-9-18(10-13-21)20(4,5)8-3/h18-19H,6-17H2,1-5H3. The minimum absolute atomic E-state index is 0.270. The minimum Gasteiger partial charge on any atom is -0.350 e. The van der Waals surface area contributed by atoms with Crippen LogP contribution in [0.5, 0.6) is 0 Å². The molecule has 142 valence electrons. The zero-order valence-corrected chi connectivity index (χ0v) is 16.9. The second-order valence-electron chi connectivity index (χ2n) is 8.70. The van der Waals surface area contributed by atoms with E-state index in [0.717, 1.165) is 38.3 Å². The van der Waals surface area contributed by atoms with E-state index in [0.29, 0.717) is 11.5 Å². The van der Waals surface area contributed by atoms with Crippen LogP contribution in [-0.2, 0) is 9.47 Å². The normalized spacial score (nSPS) is 31.8. The summed E-state index contributed by atoms with van der Waals surface area (Å²) in [5, 5.41) is 0. The van der Waals surface area contributed by atoms with Gasteiger partial charge in [-0.3, -0.25) is 0 Å². The van der Waals surface area contributed by atoms with Gasteiger partial charge in [-0.05, 0) is 56.5 Å². The van der Waals surface area contributed by atoms with E-state index in [-0.39, 0.29) is 5.79 Å². The molecule has 0 aromatic carbocycles. The highest BCUT2D eigenvalue weighted by Crippen LogP contribution is 2.46. The highest BCUT2D eigenvalue weighted by molar-refractivity contribution is 4.89. The molecule has 0 aromatic rings. The molecule has 1 aliphatic carbocycles. The lowest BCUT2D eigenvalue weighted by atomic mass is 9.68. The van der Waals surface area contributed by atoms with Crippen LogP contribution in [0.4, 0.5) is 0 Å². The molecule has 1 atom stereocenters. The van der Waals surface area contributed by atoms with Gasteiger partial charge in [-0.25, -0.2) is 0 Å². The second-order valence-corrected chi connectivity index (χ2v) is 8.70.